The summed E-state index contributed by atoms with van der Waals surface area (Å²) in [5, 5.41) is 2.91. The Morgan fingerprint density at radius 3 is 2.48 bits per heavy atom. The van der Waals surface area contributed by atoms with E-state index in [0.29, 0.717) is 43.7 Å². The van der Waals surface area contributed by atoms with Gasteiger partial charge in [-0.05, 0) is 48.1 Å². The van der Waals surface area contributed by atoms with Crippen molar-refractivity contribution in [1.29, 1.82) is 0 Å². The molecule has 1 N–H and O–H groups in total. The van der Waals surface area contributed by atoms with E-state index in [2.05, 4.69) is 11.9 Å². The van der Waals surface area contributed by atoms with Gasteiger partial charge in [0, 0.05) is 20.1 Å². The van der Waals surface area contributed by atoms with Crippen molar-refractivity contribution >= 4 is 17.8 Å². The molecular formula is C33H36N2O5. The number of para-hydroxylation sites is 1. The van der Waals surface area contributed by atoms with E-state index >= 15 is 0 Å². The molecule has 0 bridgehead atoms. The second kappa shape index (κ2) is 13.1. The molecule has 0 heterocycles. The van der Waals surface area contributed by atoms with Gasteiger partial charge in [-0.1, -0.05) is 79.4 Å². The number of likely N-dealkylation sites (N-methyl/N-ethyl adjacent to an activating group) is 1. The average molecular weight is 541 g/mol. The SMILES string of the molecule is C=CCOC(=O)C1(c2ccccc2)CC[C@@H](C(=O)N(C)CCCNC(=O)c2ccccc2OC)c2ccccc21. The molecule has 0 aliphatic heterocycles. The van der Waals surface area contributed by atoms with Crippen LogP contribution >= 0.6 is 0 Å². The van der Waals surface area contributed by atoms with Crippen LogP contribution in [0.1, 0.15) is 52.2 Å². The smallest absolute Gasteiger partial charge is 0.321 e. The van der Waals surface area contributed by atoms with E-state index in [-0.39, 0.29) is 30.3 Å². The first-order chi connectivity index (χ1) is 19.4. The third kappa shape index (κ3) is 5.78. The highest BCUT2D eigenvalue weighted by atomic mass is 16.5. The summed E-state index contributed by atoms with van der Waals surface area (Å²) in [6.07, 6.45) is 3.11. The number of methoxy groups -OCH3 is 1. The molecule has 1 unspecified atom stereocenters. The maximum atomic E-state index is 13.7. The molecule has 3 aromatic rings. The Balaban J connectivity index is 1.48. The van der Waals surface area contributed by atoms with E-state index in [4.69, 9.17) is 9.47 Å². The number of nitrogens with one attached hydrogen (secondary N) is 1. The van der Waals surface area contributed by atoms with Gasteiger partial charge in [-0.3, -0.25) is 14.4 Å². The third-order valence-corrected chi connectivity index (χ3v) is 7.53. The maximum absolute atomic E-state index is 13.7. The Hall–Kier alpha value is -4.39. The average Bonchev–Trinajstić information content (AvgIpc) is 3.01. The van der Waals surface area contributed by atoms with E-state index in [0.717, 1.165) is 16.7 Å². The first-order valence-electron chi connectivity index (χ1n) is 13.5. The minimum absolute atomic E-state index is 0.00961. The molecule has 2 atom stereocenters. The van der Waals surface area contributed by atoms with Crippen LogP contribution in [0.4, 0.5) is 0 Å². The third-order valence-electron chi connectivity index (χ3n) is 7.53. The van der Waals surface area contributed by atoms with Crippen LogP contribution in [0, 0.1) is 0 Å². The summed E-state index contributed by atoms with van der Waals surface area (Å²) in [6.45, 7) is 4.70. The van der Waals surface area contributed by atoms with Crippen molar-refractivity contribution in [3.8, 4) is 5.75 Å². The van der Waals surface area contributed by atoms with Crippen LogP contribution in [0.2, 0.25) is 0 Å². The van der Waals surface area contributed by atoms with Crippen molar-refractivity contribution < 1.29 is 23.9 Å². The Kier molecular flexibility index (Phi) is 9.38. The van der Waals surface area contributed by atoms with Gasteiger partial charge >= 0.3 is 5.97 Å². The molecular weight excluding hydrogens is 504 g/mol. The van der Waals surface area contributed by atoms with Gasteiger partial charge in [0.25, 0.3) is 5.91 Å². The summed E-state index contributed by atoms with van der Waals surface area (Å²) in [7, 11) is 3.31. The number of carbonyl (C=O) groups is 3. The van der Waals surface area contributed by atoms with Gasteiger partial charge in [0.1, 0.15) is 17.8 Å². The summed E-state index contributed by atoms with van der Waals surface area (Å²) >= 11 is 0. The molecule has 0 aromatic heterocycles. The summed E-state index contributed by atoms with van der Waals surface area (Å²) in [4.78, 5) is 41.6. The number of hydrogen-bond donors (Lipinski definition) is 1. The second-order valence-electron chi connectivity index (χ2n) is 9.91. The van der Waals surface area contributed by atoms with Crippen LogP contribution in [-0.2, 0) is 19.7 Å². The zero-order valence-corrected chi connectivity index (χ0v) is 23.1. The van der Waals surface area contributed by atoms with Gasteiger partial charge in [-0.2, -0.15) is 0 Å². The first kappa shape index (κ1) is 28.6. The molecule has 2 amide bonds. The number of nitrogens with zero attached hydrogens (tertiary/aromatic N) is 1. The van der Waals surface area contributed by atoms with Gasteiger partial charge < -0.3 is 19.7 Å². The zero-order chi connectivity index (χ0) is 28.5. The Morgan fingerprint density at radius 2 is 1.73 bits per heavy atom. The molecule has 0 radical (unpaired) electrons. The van der Waals surface area contributed by atoms with Crippen molar-refractivity contribution in [2.45, 2.75) is 30.6 Å². The lowest BCUT2D eigenvalue weighted by molar-refractivity contribution is -0.149. The van der Waals surface area contributed by atoms with E-state index in [1.54, 1.807) is 36.2 Å². The quantitative estimate of drug-likeness (QED) is 0.213. The molecule has 3 aromatic carbocycles. The molecule has 40 heavy (non-hydrogen) atoms. The van der Waals surface area contributed by atoms with Gasteiger partial charge in [0.15, 0.2) is 0 Å². The van der Waals surface area contributed by atoms with E-state index in [1.165, 1.54) is 7.11 Å². The molecule has 1 aliphatic rings. The van der Waals surface area contributed by atoms with Gasteiger partial charge in [0.2, 0.25) is 5.91 Å². The molecule has 7 nitrogen and oxygen atoms in total. The number of benzene rings is 3. The van der Waals surface area contributed by atoms with Crippen LogP contribution in [-0.4, -0.2) is 56.5 Å². The van der Waals surface area contributed by atoms with Crippen LogP contribution in [0.3, 0.4) is 0 Å². The van der Waals surface area contributed by atoms with Crippen LogP contribution in [0.25, 0.3) is 0 Å². The fourth-order valence-corrected chi connectivity index (χ4v) is 5.53. The monoisotopic (exact) mass is 540 g/mol. The standard InChI is InChI=1S/C33H36N2O5/c1-4-23-40-32(38)33(24-13-6-5-7-14-24)20-19-26(25-15-8-10-17-28(25)33)31(37)35(2)22-12-21-34-30(36)27-16-9-11-18-29(27)39-3/h4-11,13-18,26H,1,12,19-23H2,2-3H3,(H,34,36)/t26-,33?/m1/s1. The largest absolute Gasteiger partial charge is 0.496 e. The van der Waals surface area contributed by atoms with Crippen molar-refractivity contribution in [2.24, 2.45) is 0 Å². The zero-order valence-electron chi connectivity index (χ0n) is 23.1. The van der Waals surface area contributed by atoms with Crippen molar-refractivity contribution in [2.75, 3.05) is 33.9 Å². The minimum Gasteiger partial charge on any atom is -0.496 e. The fraction of sp³-hybridized carbons (Fsp3) is 0.303. The van der Waals surface area contributed by atoms with E-state index in [9.17, 15) is 14.4 Å². The Morgan fingerprint density at radius 1 is 1.02 bits per heavy atom. The molecule has 1 aliphatic carbocycles. The summed E-state index contributed by atoms with van der Waals surface area (Å²) in [6, 6.07) is 24.4. The Bertz CT molecular complexity index is 1360. The number of ether oxygens (including phenoxy) is 2. The second-order valence-corrected chi connectivity index (χ2v) is 9.91. The van der Waals surface area contributed by atoms with Crippen molar-refractivity contribution in [3.05, 3.63) is 114 Å². The molecule has 0 spiro atoms. The molecule has 0 saturated heterocycles. The maximum Gasteiger partial charge on any atom is 0.321 e. The van der Waals surface area contributed by atoms with Crippen molar-refractivity contribution in [3.63, 3.8) is 0 Å². The van der Waals surface area contributed by atoms with E-state index < -0.39 is 5.41 Å². The number of hydrogen-bond acceptors (Lipinski definition) is 5. The first-order valence-corrected chi connectivity index (χ1v) is 13.5. The summed E-state index contributed by atoms with van der Waals surface area (Å²) in [5.41, 5.74) is 1.97. The number of fused-ring (bicyclic) bond motifs is 1. The predicted octanol–water partition coefficient (Wildman–Crippen LogP) is 4.87. The lowest BCUT2D eigenvalue weighted by Gasteiger charge is -2.41. The number of amides is 2. The molecule has 0 fully saturated rings. The molecule has 0 saturated carbocycles. The van der Waals surface area contributed by atoms with E-state index in [1.807, 2.05) is 60.7 Å². The fourth-order valence-electron chi connectivity index (χ4n) is 5.53. The minimum atomic E-state index is -1.00. The summed E-state index contributed by atoms with van der Waals surface area (Å²) < 4.78 is 10.9. The van der Waals surface area contributed by atoms with Crippen LogP contribution in [0.5, 0.6) is 5.75 Å². The van der Waals surface area contributed by atoms with Gasteiger partial charge in [-0.25, -0.2) is 0 Å². The molecule has 208 valence electrons. The number of esters is 1. The molecule has 4 rings (SSSR count). The number of rotatable bonds is 11. The highest BCUT2D eigenvalue weighted by molar-refractivity contribution is 5.97. The lowest BCUT2D eigenvalue weighted by atomic mass is 9.63. The number of carbonyl (C=O) groups excluding carboxylic acids is 3. The topological polar surface area (TPSA) is 84.9 Å². The molecule has 7 heteroatoms. The van der Waals surface area contributed by atoms with Crippen LogP contribution in [0.15, 0.2) is 91.5 Å². The lowest BCUT2D eigenvalue weighted by Crippen LogP contribution is -2.45. The van der Waals surface area contributed by atoms with Crippen molar-refractivity contribution in [1.82, 2.24) is 10.2 Å². The predicted molar refractivity (Wildman–Crippen MR) is 154 cm³/mol. The summed E-state index contributed by atoms with van der Waals surface area (Å²) in [5.74, 6) is -0.425. The normalized spacial score (nSPS) is 17.7. The van der Waals surface area contributed by atoms with Gasteiger partial charge in [0.05, 0.1) is 18.6 Å². The highest BCUT2D eigenvalue weighted by Gasteiger charge is 2.49. The highest BCUT2D eigenvalue weighted by Crippen LogP contribution is 2.48. The van der Waals surface area contributed by atoms with Crippen LogP contribution < -0.4 is 10.1 Å². The van der Waals surface area contributed by atoms with Gasteiger partial charge in [-0.15, -0.1) is 0 Å². The Labute approximate surface area is 235 Å².